The highest BCUT2D eigenvalue weighted by molar-refractivity contribution is 5.84. The molecule has 0 aliphatic heterocycles. The molecule has 0 saturated heterocycles. The van der Waals surface area contributed by atoms with E-state index in [2.05, 4.69) is 16.4 Å². The van der Waals surface area contributed by atoms with E-state index in [4.69, 9.17) is 0 Å². The third-order valence-electron chi connectivity index (χ3n) is 5.90. The van der Waals surface area contributed by atoms with Crippen LogP contribution in [0.2, 0.25) is 0 Å². The summed E-state index contributed by atoms with van der Waals surface area (Å²) >= 11 is 0. The molecule has 3 aliphatic rings. The molecule has 112 valence electrons. The Bertz CT molecular complexity index is 576. The summed E-state index contributed by atoms with van der Waals surface area (Å²) in [5.74, 6) is -0.0188. The maximum Gasteiger partial charge on any atom is 0.229 e. The molecule has 2 saturated carbocycles. The molecule has 0 spiro atoms. The third kappa shape index (κ3) is 2.00. The number of nitrogens with one attached hydrogen (secondary N) is 1. The van der Waals surface area contributed by atoms with Crippen LogP contribution in [0.25, 0.3) is 0 Å². The van der Waals surface area contributed by atoms with Gasteiger partial charge in [0.25, 0.3) is 0 Å². The normalized spacial score (nSPS) is 27.6. The Morgan fingerprint density at radius 2 is 2.19 bits per heavy atom. The maximum absolute atomic E-state index is 12.5. The smallest absolute Gasteiger partial charge is 0.229 e. The van der Waals surface area contributed by atoms with Crippen LogP contribution in [0.4, 0.5) is 0 Å². The van der Waals surface area contributed by atoms with Gasteiger partial charge >= 0.3 is 0 Å². The van der Waals surface area contributed by atoms with Crippen molar-refractivity contribution in [2.75, 3.05) is 6.54 Å². The van der Waals surface area contributed by atoms with Crippen LogP contribution in [0.5, 0.6) is 0 Å². The van der Waals surface area contributed by atoms with E-state index < -0.39 is 5.60 Å². The predicted molar refractivity (Wildman–Crippen MR) is 78.8 cm³/mol. The lowest BCUT2D eigenvalue weighted by molar-refractivity contribution is -0.125. The molecule has 0 aromatic carbocycles. The number of carbonyl (C=O) groups is 1. The van der Waals surface area contributed by atoms with Gasteiger partial charge in [-0.2, -0.15) is 0 Å². The predicted octanol–water partition coefficient (Wildman–Crippen LogP) is 1.92. The average molecular weight is 286 g/mol. The SMILES string of the molecule is O=C(NCC1(C2(O)CCC2)CC1)C1CCc2cccnc21. The van der Waals surface area contributed by atoms with Crippen LogP contribution >= 0.6 is 0 Å². The first-order valence-electron chi connectivity index (χ1n) is 8.08. The summed E-state index contributed by atoms with van der Waals surface area (Å²) in [6.45, 7) is 0.626. The van der Waals surface area contributed by atoms with Gasteiger partial charge in [0.2, 0.25) is 5.91 Å². The number of carbonyl (C=O) groups excluding carboxylic acids is 1. The van der Waals surface area contributed by atoms with Gasteiger partial charge in [0.1, 0.15) is 0 Å². The lowest BCUT2D eigenvalue weighted by Gasteiger charge is -2.44. The van der Waals surface area contributed by atoms with Crippen molar-refractivity contribution in [1.29, 1.82) is 0 Å². The highest BCUT2D eigenvalue weighted by Crippen LogP contribution is 2.60. The first-order chi connectivity index (χ1) is 10.1. The van der Waals surface area contributed by atoms with Crippen molar-refractivity contribution in [3.63, 3.8) is 0 Å². The Morgan fingerprint density at radius 1 is 1.38 bits per heavy atom. The summed E-state index contributed by atoms with van der Waals surface area (Å²) in [6.07, 6.45) is 8.57. The van der Waals surface area contributed by atoms with Crippen molar-refractivity contribution >= 4 is 5.91 Å². The number of fused-ring (bicyclic) bond motifs is 1. The molecule has 3 aliphatic carbocycles. The number of rotatable bonds is 4. The standard InChI is InChI=1S/C17H22N2O2/c20-15(13-5-4-12-3-1-10-18-14(12)13)19-11-16(8-9-16)17(21)6-2-7-17/h1,3,10,13,21H,2,4-9,11H2,(H,19,20). The molecule has 1 aromatic heterocycles. The minimum Gasteiger partial charge on any atom is -0.389 e. The van der Waals surface area contributed by atoms with Crippen LogP contribution in [0.3, 0.4) is 0 Å². The molecule has 4 heteroatoms. The summed E-state index contributed by atoms with van der Waals surface area (Å²) in [6, 6.07) is 4.00. The Morgan fingerprint density at radius 3 is 2.86 bits per heavy atom. The van der Waals surface area contributed by atoms with E-state index in [-0.39, 0.29) is 17.2 Å². The van der Waals surface area contributed by atoms with Crippen molar-refractivity contribution in [1.82, 2.24) is 10.3 Å². The minimum atomic E-state index is -0.508. The number of aliphatic hydroxyl groups is 1. The van der Waals surface area contributed by atoms with Gasteiger partial charge in [0.05, 0.1) is 17.2 Å². The van der Waals surface area contributed by atoms with Crippen LogP contribution in [-0.2, 0) is 11.2 Å². The molecule has 4 nitrogen and oxygen atoms in total. The Balaban J connectivity index is 1.41. The fourth-order valence-electron chi connectivity index (χ4n) is 4.05. The first-order valence-corrected chi connectivity index (χ1v) is 8.08. The summed E-state index contributed by atoms with van der Waals surface area (Å²) < 4.78 is 0. The van der Waals surface area contributed by atoms with Gasteiger partial charge in [0, 0.05) is 18.2 Å². The molecule has 1 amide bonds. The number of aryl methyl sites for hydroxylation is 1. The molecular weight excluding hydrogens is 264 g/mol. The summed E-state index contributed by atoms with van der Waals surface area (Å²) in [7, 11) is 0. The van der Waals surface area contributed by atoms with E-state index in [1.807, 2.05) is 6.07 Å². The van der Waals surface area contributed by atoms with Gasteiger partial charge in [-0.15, -0.1) is 0 Å². The van der Waals surface area contributed by atoms with E-state index in [9.17, 15) is 9.90 Å². The van der Waals surface area contributed by atoms with Crippen LogP contribution in [0, 0.1) is 5.41 Å². The second-order valence-electron chi connectivity index (χ2n) is 7.02. The van der Waals surface area contributed by atoms with E-state index in [1.165, 1.54) is 5.56 Å². The Hall–Kier alpha value is -1.42. The number of amides is 1. The third-order valence-corrected chi connectivity index (χ3v) is 5.90. The molecule has 0 radical (unpaired) electrons. The summed E-state index contributed by atoms with van der Waals surface area (Å²) in [4.78, 5) is 16.9. The number of pyridine rings is 1. The van der Waals surface area contributed by atoms with Crippen LogP contribution in [0.1, 0.15) is 55.7 Å². The highest BCUT2D eigenvalue weighted by atomic mass is 16.3. The largest absolute Gasteiger partial charge is 0.389 e. The van der Waals surface area contributed by atoms with Crippen LogP contribution in [-0.4, -0.2) is 28.1 Å². The number of aromatic nitrogens is 1. The molecule has 0 bridgehead atoms. The number of hydrogen-bond donors (Lipinski definition) is 2. The molecule has 21 heavy (non-hydrogen) atoms. The molecule has 1 heterocycles. The van der Waals surface area contributed by atoms with Gasteiger partial charge in [0.15, 0.2) is 0 Å². The molecule has 1 aromatic rings. The zero-order valence-electron chi connectivity index (χ0n) is 12.3. The summed E-state index contributed by atoms with van der Waals surface area (Å²) in [5.41, 5.74) is 1.61. The van der Waals surface area contributed by atoms with Crippen molar-refractivity contribution in [3.8, 4) is 0 Å². The summed E-state index contributed by atoms with van der Waals surface area (Å²) in [5, 5.41) is 13.7. The quantitative estimate of drug-likeness (QED) is 0.889. The highest BCUT2D eigenvalue weighted by Gasteiger charge is 2.60. The molecule has 2 N–H and O–H groups in total. The van der Waals surface area contributed by atoms with Gasteiger partial charge in [-0.1, -0.05) is 6.07 Å². The fourth-order valence-corrected chi connectivity index (χ4v) is 4.05. The van der Waals surface area contributed by atoms with E-state index in [0.29, 0.717) is 6.54 Å². The maximum atomic E-state index is 12.5. The zero-order chi connectivity index (χ0) is 14.5. The second kappa shape index (κ2) is 4.54. The van der Waals surface area contributed by atoms with E-state index in [0.717, 1.165) is 50.6 Å². The molecule has 2 fully saturated rings. The molecule has 1 unspecified atom stereocenters. The van der Waals surface area contributed by atoms with Crippen LogP contribution < -0.4 is 5.32 Å². The number of nitrogens with zero attached hydrogens (tertiary/aromatic N) is 1. The molecular formula is C17H22N2O2. The molecule has 4 rings (SSSR count). The number of hydrogen-bond acceptors (Lipinski definition) is 3. The minimum absolute atomic E-state index is 0.0353. The van der Waals surface area contributed by atoms with E-state index in [1.54, 1.807) is 6.20 Å². The molecule has 1 atom stereocenters. The topological polar surface area (TPSA) is 62.2 Å². The van der Waals surface area contributed by atoms with Gasteiger partial charge < -0.3 is 10.4 Å². The fraction of sp³-hybridized carbons (Fsp3) is 0.647. The first kappa shape index (κ1) is 13.3. The van der Waals surface area contributed by atoms with Gasteiger partial charge in [-0.25, -0.2) is 0 Å². The van der Waals surface area contributed by atoms with Crippen molar-refractivity contribution < 1.29 is 9.90 Å². The zero-order valence-corrected chi connectivity index (χ0v) is 12.3. The average Bonchev–Trinajstić information content (AvgIpc) is 3.14. The Labute approximate surface area is 125 Å². The monoisotopic (exact) mass is 286 g/mol. The lowest BCUT2D eigenvalue weighted by atomic mass is 9.68. The van der Waals surface area contributed by atoms with Crippen molar-refractivity contribution in [2.24, 2.45) is 5.41 Å². The second-order valence-corrected chi connectivity index (χ2v) is 7.02. The van der Waals surface area contributed by atoms with Crippen molar-refractivity contribution in [2.45, 2.75) is 56.5 Å². The van der Waals surface area contributed by atoms with Gasteiger partial charge in [-0.3, -0.25) is 9.78 Å². The van der Waals surface area contributed by atoms with E-state index >= 15 is 0 Å². The Kier molecular flexibility index (Phi) is 2.86. The lowest BCUT2D eigenvalue weighted by Crippen LogP contribution is -2.51. The van der Waals surface area contributed by atoms with Crippen molar-refractivity contribution in [3.05, 3.63) is 29.6 Å². The van der Waals surface area contributed by atoms with Crippen LogP contribution in [0.15, 0.2) is 18.3 Å². The van der Waals surface area contributed by atoms with Gasteiger partial charge in [-0.05, 0) is 56.6 Å².